The average Bonchev–Trinajstić information content (AvgIpc) is 3.15. The summed E-state index contributed by atoms with van der Waals surface area (Å²) in [5.74, 6) is -1.80. The molecule has 3 aromatic rings. The van der Waals surface area contributed by atoms with Gasteiger partial charge in [0.05, 0.1) is 18.3 Å². The Morgan fingerprint density at radius 3 is 2.50 bits per heavy atom. The topological polar surface area (TPSA) is 92.1 Å². The molecule has 1 atom stereocenters. The molecule has 0 radical (unpaired) electrons. The molecule has 4 amide bonds. The monoisotopic (exact) mass is 396 g/mol. The number of fused-ring (bicyclic) bond motifs is 1. The van der Waals surface area contributed by atoms with Crippen LogP contribution in [-0.4, -0.2) is 37.0 Å². The van der Waals surface area contributed by atoms with Crippen LogP contribution in [0, 0.1) is 6.92 Å². The van der Waals surface area contributed by atoms with E-state index in [0.717, 1.165) is 21.1 Å². The van der Waals surface area contributed by atoms with Gasteiger partial charge in [-0.15, -0.1) is 11.3 Å². The lowest BCUT2D eigenvalue weighted by molar-refractivity contribution is -0.144. The molecule has 1 aliphatic rings. The van der Waals surface area contributed by atoms with Gasteiger partial charge in [-0.3, -0.25) is 18.8 Å². The highest BCUT2D eigenvalue weighted by Gasteiger charge is 2.47. The zero-order chi connectivity index (χ0) is 20.0. The van der Waals surface area contributed by atoms with Gasteiger partial charge in [0.25, 0.3) is 5.56 Å². The third kappa shape index (κ3) is 2.80. The van der Waals surface area contributed by atoms with Crippen molar-refractivity contribution >= 4 is 34.1 Å². The first-order valence-electron chi connectivity index (χ1n) is 8.59. The van der Waals surface area contributed by atoms with E-state index in [1.165, 1.54) is 21.8 Å². The number of benzene rings is 1. The van der Waals surface area contributed by atoms with Crippen molar-refractivity contribution in [2.45, 2.75) is 26.4 Å². The largest absolute Gasteiger partial charge is 0.335 e. The second-order valence-electron chi connectivity index (χ2n) is 6.52. The van der Waals surface area contributed by atoms with Crippen LogP contribution in [0.2, 0.25) is 0 Å². The van der Waals surface area contributed by atoms with Gasteiger partial charge in [-0.05, 0) is 19.4 Å². The summed E-state index contributed by atoms with van der Waals surface area (Å²) in [6.07, 6.45) is 0. The van der Waals surface area contributed by atoms with E-state index in [1.54, 1.807) is 43.5 Å². The molecular weight excluding hydrogens is 380 g/mol. The molecule has 9 heteroatoms. The maximum absolute atomic E-state index is 12.8. The third-order valence-electron chi connectivity index (χ3n) is 4.70. The maximum Gasteiger partial charge on any atom is 0.335 e. The number of aryl methyl sites for hydroxylation is 1. The number of amides is 4. The van der Waals surface area contributed by atoms with E-state index in [1.807, 2.05) is 6.07 Å². The molecule has 1 fully saturated rings. The number of aromatic nitrogens is 2. The van der Waals surface area contributed by atoms with Crippen LogP contribution < -0.4 is 5.56 Å². The van der Waals surface area contributed by atoms with Crippen molar-refractivity contribution in [1.82, 2.24) is 19.2 Å². The van der Waals surface area contributed by atoms with Crippen LogP contribution in [0.25, 0.3) is 4.96 Å². The van der Waals surface area contributed by atoms with Gasteiger partial charge in [-0.1, -0.05) is 30.3 Å². The Labute approximate surface area is 163 Å². The van der Waals surface area contributed by atoms with E-state index in [2.05, 4.69) is 4.98 Å². The van der Waals surface area contributed by atoms with E-state index in [4.69, 9.17) is 0 Å². The number of nitrogens with zero attached hydrogens (tertiary/aromatic N) is 4. The molecule has 8 nitrogen and oxygen atoms in total. The van der Waals surface area contributed by atoms with Crippen LogP contribution in [-0.2, 0) is 16.1 Å². The van der Waals surface area contributed by atoms with Crippen LogP contribution in [0.5, 0.6) is 0 Å². The standard InChI is InChI=1S/C19H16N4O4S/c1-11-10-28-18-20-14(8-15(24)22(11)18)9-21-16(25)17(26)23(19(21)27)12(2)13-6-4-3-5-7-13/h3-8,10,12H,9H2,1-2H3. The molecule has 1 aliphatic heterocycles. The minimum Gasteiger partial charge on any atom is -0.269 e. The lowest BCUT2D eigenvalue weighted by Gasteiger charge is -2.22. The average molecular weight is 396 g/mol. The van der Waals surface area contributed by atoms with Crippen molar-refractivity contribution in [2.24, 2.45) is 0 Å². The van der Waals surface area contributed by atoms with E-state index < -0.39 is 23.9 Å². The molecule has 28 heavy (non-hydrogen) atoms. The molecule has 0 aliphatic carbocycles. The van der Waals surface area contributed by atoms with E-state index in [9.17, 15) is 19.2 Å². The SMILES string of the molecule is Cc1csc2nc(CN3C(=O)C(=O)N(C(C)c4ccccc4)C3=O)cc(=O)n12. The third-order valence-corrected chi connectivity index (χ3v) is 5.65. The minimum atomic E-state index is -0.919. The van der Waals surface area contributed by atoms with Gasteiger partial charge in [0.15, 0.2) is 4.96 Å². The first kappa shape index (κ1) is 18.1. The van der Waals surface area contributed by atoms with E-state index in [-0.39, 0.29) is 17.8 Å². The summed E-state index contributed by atoms with van der Waals surface area (Å²) in [4.78, 5) is 56.6. The van der Waals surface area contributed by atoms with Crippen LogP contribution in [0.1, 0.15) is 29.9 Å². The van der Waals surface area contributed by atoms with Gasteiger partial charge in [-0.2, -0.15) is 0 Å². The summed E-state index contributed by atoms with van der Waals surface area (Å²) in [6.45, 7) is 3.25. The minimum absolute atomic E-state index is 0.232. The van der Waals surface area contributed by atoms with Crippen LogP contribution in [0.4, 0.5) is 4.79 Å². The zero-order valence-corrected chi connectivity index (χ0v) is 16.0. The molecule has 0 spiro atoms. The fourth-order valence-electron chi connectivity index (χ4n) is 3.23. The first-order chi connectivity index (χ1) is 13.4. The Balaban J connectivity index is 1.64. The molecule has 2 aromatic heterocycles. The smallest absolute Gasteiger partial charge is 0.269 e. The zero-order valence-electron chi connectivity index (χ0n) is 15.2. The van der Waals surface area contributed by atoms with Crippen LogP contribution in [0.3, 0.4) is 0 Å². The molecule has 0 N–H and O–H groups in total. The van der Waals surface area contributed by atoms with E-state index >= 15 is 0 Å². The Bertz CT molecular complexity index is 1170. The maximum atomic E-state index is 12.8. The van der Waals surface area contributed by atoms with Crippen molar-refractivity contribution in [3.8, 4) is 0 Å². The first-order valence-corrected chi connectivity index (χ1v) is 9.47. The molecule has 1 aromatic carbocycles. The number of hydrogen-bond acceptors (Lipinski definition) is 6. The summed E-state index contributed by atoms with van der Waals surface area (Å²) in [6, 6.07) is 8.97. The Hall–Kier alpha value is -3.33. The van der Waals surface area contributed by atoms with Gasteiger partial charge >= 0.3 is 17.8 Å². The fourth-order valence-corrected chi connectivity index (χ4v) is 4.12. The summed E-state index contributed by atoms with van der Waals surface area (Å²) in [5, 5.41) is 1.80. The highest BCUT2D eigenvalue weighted by Crippen LogP contribution is 2.27. The molecule has 4 rings (SSSR count). The van der Waals surface area contributed by atoms with Crippen molar-refractivity contribution in [1.29, 1.82) is 0 Å². The summed E-state index contributed by atoms with van der Waals surface area (Å²) in [7, 11) is 0. The van der Waals surface area contributed by atoms with Crippen molar-refractivity contribution < 1.29 is 14.4 Å². The predicted octanol–water partition coefficient (Wildman–Crippen LogP) is 2.12. The molecule has 1 unspecified atom stereocenters. The van der Waals surface area contributed by atoms with Gasteiger partial charge in [-0.25, -0.2) is 19.6 Å². The van der Waals surface area contributed by atoms with Crippen molar-refractivity contribution in [3.05, 3.63) is 69.1 Å². The van der Waals surface area contributed by atoms with Gasteiger partial charge in [0.2, 0.25) is 0 Å². The van der Waals surface area contributed by atoms with Crippen molar-refractivity contribution in [2.75, 3.05) is 0 Å². The number of imide groups is 2. The fraction of sp³-hybridized carbons (Fsp3) is 0.211. The molecule has 3 heterocycles. The molecule has 1 saturated heterocycles. The predicted molar refractivity (Wildman–Crippen MR) is 102 cm³/mol. The summed E-state index contributed by atoms with van der Waals surface area (Å²) in [5.41, 5.74) is 1.47. The highest BCUT2D eigenvalue weighted by molar-refractivity contribution is 7.15. The normalized spacial score (nSPS) is 15.7. The molecular formula is C19H16N4O4S. The van der Waals surface area contributed by atoms with Gasteiger partial charge in [0, 0.05) is 17.1 Å². The van der Waals surface area contributed by atoms with Gasteiger partial charge in [0.1, 0.15) is 0 Å². The number of thiazole rings is 1. The van der Waals surface area contributed by atoms with Crippen molar-refractivity contribution in [3.63, 3.8) is 0 Å². The Kier molecular flexibility index (Phi) is 4.31. The number of hydrogen-bond donors (Lipinski definition) is 0. The summed E-state index contributed by atoms with van der Waals surface area (Å²) >= 11 is 1.29. The number of rotatable bonds is 4. The number of urea groups is 1. The molecule has 0 saturated carbocycles. The summed E-state index contributed by atoms with van der Waals surface area (Å²) < 4.78 is 1.46. The van der Waals surface area contributed by atoms with Gasteiger partial charge < -0.3 is 0 Å². The van der Waals surface area contributed by atoms with Crippen LogP contribution >= 0.6 is 11.3 Å². The lowest BCUT2D eigenvalue weighted by atomic mass is 10.1. The second kappa shape index (κ2) is 6.68. The second-order valence-corrected chi connectivity index (χ2v) is 7.35. The Morgan fingerprint density at radius 1 is 1.07 bits per heavy atom. The molecule has 0 bridgehead atoms. The van der Waals surface area contributed by atoms with Crippen LogP contribution in [0.15, 0.2) is 46.6 Å². The quantitative estimate of drug-likeness (QED) is 0.498. The molecule has 142 valence electrons. The lowest BCUT2D eigenvalue weighted by Crippen LogP contribution is -2.35. The highest BCUT2D eigenvalue weighted by atomic mass is 32.1. The number of carbonyl (C=O) groups excluding carboxylic acids is 3. The number of carbonyl (C=O) groups is 3. The Morgan fingerprint density at radius 2 is 1.79 bits per heavy atom. The van der Waals surface area contributed by atoms with E-state index in [0.29, 0.717) is 4.96 Å².